The van der Waals surface area contributed by atoms with Gasteiger partial charge in [0.05, 0.1) is 17.9 Å². The maximum Gasteiger partial charge on any atom is 0.341 e. The fourth-order valence-corrected chi connectivity index (χ4v) is 6.65. The molecule has 1 N–H and O–H groups in total. The predicted molar refractivity (Wildman–Crippen MR) is 135 cm³/mol. The van der Waals surface area contributed by atoms with Gasteiger partial charge in [0, 0.05) is 27.2 Å². The first-order chi connectivity index (χ1) is 16.0. The molecule has 0 atom stereocenters. The van der Waals surface area contributed by atoms with Crippen LogP contribution in [0.3, 0.4) is 0 Å². The molecular weight excluding hydrogens is 476 g/mol. The van der Waals surface area contributed by atoms with E-state index in [9.17, 15) is 9.59 Å². The van der Waals surface area contributed by atoms with Crippen LogP contribution in [0, 0.1) is 0 Å². The standard InChI is InChI=1S/C23H26N4O3S3/c1-4-10-27-20(14-11-15(5-2)31-12-14)25-26-23(27)32-13-18(28)24-21-19(22(29)30-6-3)16-8-7-9-17(16)33-21/h4,11-12H,1,5-10,13H2,2-3H3,(H,24,28). The maximum atomic E-state index is 12.8. The van der Waals surface area contributed by atoms with Crippen LogP contribution in [0.1, 0.15) is 45.9 Å². The number of aryl methyl sites for hydroxylation is 2. The van der Waals surface area contributed by atoms with Gasteiger partial charge in [0.15, 0.2) is 11.0 Å². The number of esters is 1. The number of hydrogen-bond acceptors (Lipinski definition) is 8. The molecule has 0 saturated heterocycles. The number of allylic oxidation sites excluding steroid dienone is 1. The first-order valence-electron chi connectivity index (χ1n) is 10.9. The van der Waals surface area contributed by atoms with Crippen LogP contribution in [-0.2, 0) is 35.3 Å². The molecule has 1 aliphatic rings. The number of rotatable bonds is 10. The van der Waals surface area contributed by atoms with Crippen molar-refractivity contribution in [1.82, 2.24) is 14.8 Å². The minimum absolute atomic E-state index is 0.157. The van der Waals surface area contributed by atoms with Gasteiger partial charge in [0.1, 0.15) is 5.00 Å². The summed E-state index contributed by atoms with van der Waals surface area (Å²) in [6.45, 7) is 8.61. The van der Waals surface area contributed by atoms with E-state index >= 15 is 0 Å². The van der Waals surface area contributed by atoms with Gasteiger partial charge in [0.25, 0.3) is 0 Å². The molecular formula is C23H26N4O3S3. The molecule has 33 heavy (non-hydrogen) atoms. The highest BCUT2D eigenvalue weighted by molar-refractivity contribution is 7.99. The summed E-state index contributed by atoms with van der Waals surface area (Å²) in [4.78, 5) is 27.8. The first kappa shape index (κ1) is 23.7. The molecule has 174 valence electrons. The highest BCUT2D eigenvalue weighted by atomic mass is 32.2. The molecule has 1 amide bonds. The summed E-state index contributed by atoms with van der Waals surface area (Å²) in [5, 5.41) is 14.9. The Morgan fingerprint density at radius 3 is 2.91 bits per heavy atom. The second kappa shape index (κ2) is 10.7. The molecule has 1 aliphatic carbocycles. The average molecular weight is 503 g/mol. The fraction of sp³-hybridized carbons (Fsp3) is 0.391. The molecule has 0 unspecified atom stereocenters. The van der Waals surface area contributed by atoms with Gasteiger partial charge in [-0.25, -0.2) is 4.79 Å². The number of fused-ring (bicyclic) bond motifs is 1. The molecule has 3 heterocycles. The van der Waals surface area contributed by atoms with Gasteiger partial charge in [-0.05, 0) is 44.2 Å². The third-order valence-electron chi connectivity index (χ3n) is 5.28. The molecule has 0 radical (unpaired) electrons. The van der Waals surface area contributed by atoms with Crippen LogP contribution >= 0.6 is 34.4 Å². The number of thiophene rings is 2. The molecule has 0 aliphatic heterocycles. The summed E-state index contributed by atoms with van der Waals surface area (Å²) >= 11 is 4.50. The van der Waals surface area contributed by atoms with Crippen molar-refractivity contribution in [2.24, 2.45) is 0 Å². The number of hydrogen-bond donors (Lipinski definition) is 1. The lowest BCUT2D eigenvalue weighted by atomic mass is 10.1. The number of nitrogens with zero attached hydrogens (tertiary/aromatic N) is 3. The van der Waals surface area contributed by atoms with E-state index < -0.39 is 0 Å². The highest BCUT2D eigenvalue weighted by Crippen LogP contribution is 2.39. The van der Waals surface area contributed by atoms with E-state index in [0.29, 0.717) is 28.9 Å². The first-order valence-corrected chi connectivity index (χ1v) is 13.6. The number of anilines is 1. The van der Waals surface area contributed by atoms with Gasteiger partial charge < -0.3 is 10.1 Å². The smallest absolute Gasteiger partial charge is 0.341 e. The average Bonchev–Trinajstić information content (AvgIpc) is 3.56. The van der Waals surface area contributed by atoms with Crippen LogP contribution in [0.2, 0.25) is 0 Å². The van der Waals surface area contributed by atoms with Crippen molar-refractivity contribution >= 4 is 51.3 Å². The Morgan fingerprint density at radius 1 is 1.33 bits per heavy atom. The number of thioether (sulfide) groups is 1. The quantitative estimate of drug-likeness (QED) is 0.233. The zero-order valence-corrected chi connectivity index (χ0v) is 21.1. The number of amides is 1. The predicted octanol–water partition coefficient (Wildman–Crippen LogP) is 5.21. The number of carbonyl (C=O) groups excluding carboxylic acids is 2. The zero-order chi connectivity index (χ0) is 23.4. The van der Waals surface area contributed by atoms with Gasteiger partial charge in [-0.15, -0.1) is 39.4 Å². The van der Waals surface area contributed by atoms with Gasteiger partial charge in [0.2, 0.25) is 5.91 Å². The fourth-order valence-electron chi connectivity index (χ4n) is 3.79. The van der Waals surface area contributed by atoms with Crippen molar-refractivity contribution < 1.29 is 14.3 Å². The Kier molecular flexibility index (Phi) is 7.67. The van der Waals surface area contributed by atoms with Crippen LogP contribution in [-0.4, -0.2) is 39.0 Å². The Balaban J connectivity index is 1.48. The van der Waals surface area contributed by atoms with E-state index in [1.165, 1.54) is 32.9 Å². The van der Waals surface area contributed by atoms with E-state index in [-0.39, 0.29) is 17.6 Å². The van der Waals surface area contributed by atoms with Gasteiger partial charge in [-0.1, -0.05) is 24.8 Å². The molecule has 0 fully saturated rings. The van der Waals surface area contributed by atoms with Crippen molar-refractivity contribution in [2.75, 3.05) is 17.7 Å². The topological polar surface area (TPSA) is 86.1 Å². The summed E-state index contributed by atoms with van der Waals surface area (Å²) in [6, 6.07) is 2.13. The van der Waals surface area contributed by atoms with Gasteiger partial charge >= 0.3 is 5.97 Å². The Morgan fingerprint density at radius 2 is 2.18 bits per heavy atom. The van der Waals surface area contributed by atoms with Crippen molar-refractivity contribution in [3.63, 3.8) is 0 Å². The minimum atomic E-state index is -0.363. The van der Waals surface area contributed by atoms with Crippen LogP contribution in [0.15, 0.2) is 29.3 Å². The van der Waals surface area contributed by atoms with Gasteiger partial charge in [-0.3, -0.25) is 9.36 Å². The summed E-state index contributed by atoms with van der Waals surface area (Å²) in [6.07, 6.45) is 5.58. The second-order valence-electron chi connectivity index (χ2n) is 7.48. The Hall–Kier alpha value is -2.43. The molecule has 7 nitrogen and oxygen atoms in total. The largest absolute Gasteiger partial charge is 0.462 e. The van der Waals surface area contributed by atoms with E-state index in [2.05, 4.69) is 40.5 Å². The summed E-state index contributed by atoms with van der Waals surface area (Å²) in [5.74, 6) is 0.374. The Bertz CT molecular complexity index is 1180. The lowest BCUT2D eigenvalue weighted by Gasteiger charge is -2.09. The van der Waals surface area contributed by atoms with Crippen molar-refractivity contribution in [1.29, 1.82) is 0 Å². The van der Waals surface area contributed by atoms with E-state index in [0.717, 1.165) is 42.6 Å². The molecule has 3 aromatic rings. The van der Waals surface area contributed by atoms with E-state index in [4.69, 9.17) is 4.74 Å². The molecule has 0 spiro atoms. The van der Waals surface area contributed by atoms with Crippen molar-refractivity contribution in [3.8, 4) is 11.4 Å². The zero-order valence-electron chi connectivity index (χ0n) is 18.7. The van der Waals surface area contributed by atoms with Crippen molar-refractivity contribution in [3.05, 3.63) is 45.0 Å². The van der Waals surface area contributed by atoms with E-state index in [1.54, 1.807) is 24.3 Å². The number of carbonyl (C=O) groups is 2. The van der Waals surface area contributed by atoms with Crippen LogP contribution in [0.5, 0.6) is 0 Å². The maximum absolute atomic E-state index is 12.8. The van der Waals surface area contributed by atoms with Crippen molar-refractivity contribution in [2.45, 2.75) is 51.2 Å². The van der Waals surface area contributed by atoms with Crippen LogP contribution in [0.25, 0.3) is 11.4 Å². The van der Waals surface area contributed by atoms with E-state index in [1.807, 2.05) is 4.57 Å². The molecule has 0 saturated carbocycles. The lowest BCUT2D eigenvalue weighted by Crippen LogP contribution is -2.17. The SMILES string of the molecule is C=CCn1c(SCC(=O)Nc2sc3c(c2C(=O)OCC)CCC3)nnc1-c1csc(CC)c1. The normalized spacial score (nSPS) is 12.5. The van der Waals surface area contributed by atoms with Gasteiger partial charge in [-0.2, -0.15) is 0 Å². The second-order valence-corrected chi connectivity index (χ2v) is 10.5. The lowest BCUT2D eigenvalue weighted by molar-refractivity contribution is -0.113. The highest BCUT2D eigenvalue weighted by Gasteiger charge is 2.28. The molecule has 0 aromatic carbocycles. The molecule has 0 bridgehead atoms. The molecule has 10 heteroatoms. The monoisotopic (exact) mass is 502 g/mol. The number of nitrogens with one attached hydrogen (secondary N) is 1. The van der Waals surface area contributed by atoms with Crippen LogP contribution in [0.4, 0.5) is 5.00 Å². The van der Waals surface area contributed by atoms with Crippen LogP contribution < -0.4 is 5.32 Å². The third-order valence-corrected chi connectivity index (χ3v) is 8.53. The summed E-state index contributed by atoms with van der Waals surface area (Å²) < 4.78 is 7.21. The molecule has 4 rings (SSSR count). The number of aromatic nitrogens is 3. The minimum Gasteiger partial charge on any atom is -0.462 e. The Labute approximate surface area is 205 Å². The summed E-state index contributed by atoms with van der Waals surface area (Å²) in [5.41, 5.74) is 2.57. The third kappa shape index (κ3) is 5.07. The number of ether oxygens (including phenoxy) is 1. The molecule has 3 aromatic heterocycles. The summed E-state index contributed by atoms with van der Waals surface area (Å²) in [7, 11) is 0.